The number of unbranched alkanes of at least 4 members (excludes halogenated alkanes) is 13. The van der Waals surface area contributed by atoms with E-state index in [1.807, 2.05) is 0 Å². The molecule has 0 aliphatic carbocycles. The van der Waals surface area contributed by atoms with Gasteiger partial charge < -0.3 is 15.5 Å². The number of amides is 1. The number of rotatable bonds is 18. The predicted molar refractivity (Wildman–Crippen MR) is 118 cm³/mol. The summed E-state index contributed by atoms with van der Waals surface area (Å²) in [6.07, 6.45) is 17.4. The third kappa shape index (κ3) is 17.1. The van der Waals surface area contributed by atoms with Crippen molar-refractivity contribution in [3.05, 3.63) is 0 Å². The lowest BCUT2D eigenvalue weighted by molar-refractivity contribution is -0.122. The molecule has 4 nitrogen and oxygen atoms in total. The van der Waals surface area contributed by atoms with Gasteiger partial charge in [0, 0.05) is 12.8 Å². The monoisotopic (exact) mass is 395 g/mol. The minimum atomic E-state index is -1.01. The molecule has 0 aliphatic heterocycles. The van der Waals surface area contributed by atoms with Crippen molar-refractivity contribution >= 4 is 5.91 Å². The highest BCUT2D eigenvalue weighted by Crippen LogP contribution is 2.11. The van der Waals surface area contributed by atoms with Crippen molar-refractivity contribution in [1.82, 2.24) is 5.32 Å². The first kappa shape index (κ1) is 27.0. The highest BCUT2D eigenvalue weighted by molar-refractivity contribution is 5.76. The maximum Gasteiger partial charge on any atom is 0.220 e. The molecule has 0 radical (unpaired) electrons. The van der Waals surface area contributed by atoms with Crippen LogP contribution in [-0.2, 0) is 4.79 Å². The van der Waals surface area contributed by atoms with Crippen LogP contribution in [-0.4, -0.2) is 34.9 Å². The van der Waals surface area contributed by atoms with Crippen LogP contribution in [0.3, 0.4) is 0 Å². The molecule has 0 saturated heterocycles. The molecule has 28 heavy (non-hydrogen) atoms. The molecule has 0 heterocycles. The first-order valence-electron chi connectivity index (χ1n) is 11.7. The maximum atomic E-state index is 11.8. The number of aliphatic hydroxyl groups is 2. The molecule has 0 fully saturated rings. The van der Waals surface area contributed by atoms with Crippen molar-refractivity contribution in [2.75, 3.05) is 6.61 Å². The molecule has 0 bridgehead atoms. The van der Waals surface area contributed by atoms with E-state index in [0.717, 1.165) is 32.1 Å². The number of carbonyl (C=O) groups is 1. The van der Waals surface area contributed by atoms with Gasteiger partial charge in [-0.2, -0.15) is 0 Å². The molecule has 2 unspecified atom stereocenters. The van der Waals surface area contributed by atoms with E-state index in [0.29, 0.717) is 6.42 Å². The summed E-state index contributed by atoms with van der Waals surface area (Å²) in [6, 6.07) is -0.695. The van der Waals surface area contributed by atoms with Gasteiger partial charge >= 0.3 is 0 Å². The van der Waals surface area contributed by atoms with Crippen molar-refractivity contribution in [1.29, 1.82) is 0 Å². The Bertz CT molecular complexity index is 414. The fraction of sp³-hybridized carbons (Fsp3) is 0.875. The maximum absolute atomic E-state index is 11.8. The molecule has 0 aliphatic rings. The van der Waals surface area contributed by atoms with Gasteiger partial charge in [-0.25, -0.2) is 0 Å². The van der Waals surface area contributed by atoms with E-state index < -0.39 is 12.1 Å². The van der Waals surface area contributed by atoms with Gasteiger partial charge in [0.2, 0.25) is 5.91 Å². The number of aliphatic hydroxyl groups excluding tert-OH is 2. The molecule has 164 valence electrons. The second-order valence-electron chi connectivity index (χ2n) is 7.87. The third-order valence-corrected chi connectivity index (χ3v) is 5.09. The number of nitrogens with one attached hydrogen (secondary N) is 1. The fourth-order valence-electron chi connectivity index (χ4n) is 3.19. The molecular formula is C24H45NO3. The smallest absolute Gasteiger partial charge is 0.220 e. The van der Waals surface area contributed by atoms with Gasteiger partial charge in [-0.1, -0.05) is 96.8 Å². The Morgan fingerprint density at radius 1 is 0.821 bits per heavy atom. The molecule has 0 spiro atoms. The molecular weight excluding hydrogens is 350 g/mol. The van der Waals surface area contributed by atoms with Crippen LogP contribution in [0.1, 0.15) is 117 Å². The van der Waals surface area contributed by atoms with E-state index in [-0.39, 0.29) is 12.5 Å². The molecule has 0 aromatic carbocycles. The normalized spacial score (nSPS) is 12.9. The quantitative estimate of drug-likeness (QED) is 0.223. The lowest BCUT2D eigenvalue weighted by atomic mass is 10.1. The minimum absolute atomic E-state index is 0.126. The van der Waals surface area contributed by atoms with E-state index in [2.05, 4.69) is 31.0 Å². The fourth-order valence-corrected chi connectivity index (χ4v) is 3.19. The Morgan fingerprint density at radius 3 is 1.86 bits per heavy atom. The Labute approximate surface area is 173 Å². The van der Waals surface area contributed by atoms with Crippen LogP contribution in [0.5, 0.6) is 0 Å². The van der Waals surface area contributed by atoms with Crippen molar-refractivity contribution < 1.29 is 15.0 Å². The van der Waals surface area contributed by atoms with Gasteiger partial charge in [0.15, 0.2) is 0 Å². The molecule has 0 aromatic heterocycles. The summed E-state index contributed by atoms with van der Waals surface area (Å²) in [5.41, 5.74) is 0. The lowest BCUT2D eigenvalue weighted by Gasteiger charge is -2.18. The topological polar surface area (TPSA) is 69.6 Å². The number of hydrogen-bond donors (Lipinski definition) is 3. The van der Waals surface area contributed by atoms with E-state index in [4.69, 9.17) is 0 Å². The van der Waals surface area contributed by atoms with E-state index in [9.17, 15) is 15.0 Å². The first-order chi connectivity index (χ1) is 13.7. The highest BCUT2D eigenvalue weighted by Gasteiger charge is 2.18. The van der Waals surface area contributed by atoms with Gasteiger partial charge in [0.05, 0.1) is 12.6 Å². The van der Waals surface area contributed by atoms with Crippen molar-refractivity contribution in [2.24, 2.45) is 0 Å². The molecule has 0 saturated carbocycles. The van der Waals surface area contributed by atoms with Crippen LogP contribution >= 0.6 is 0 Å². The zero-order valence-corrected chi connectivity index (χ0v) is 18.5. The molecule has 2 atom stereocenters. The summed E-state index contributed by atoms with van der Waals surface area (Å²) >= 11 is 0. The van der Waals surface area contributed by atoms with Crippen LogP contribution in [0.2, 0.25) is 0 Å². The molecule has 4 heteroatoms. The zero-order valence-electron chi connectivity index (χ0n) is 18.5. The summed E-state index contributed by atoms with van der Waals surface area (Å²) in [7, 11) is 0. The molecule has 0 rings (SSSR count). The average Bonchev–Trinajstić information content (AvgIpc) is 2.69. The van der Waals surface area contributed by atoms with Crippen LogP contribution in [0.25, 0.3) is 0 Å². The summed E-state index contributed by atoms with van der Waals surface area (Å²) in [5, 5.41) is 22.1. The highest BCUT2D eigenvalue weighted by atomic mass is 16.3. The standard InChI is InChI=1S/C24H45NO3/c1-3-5-7-8-9-10-11-12-13-14-15-16-18-19-23(27)22(21-26)25-24(28)20-17-6-4-2/h22-23,26-27H,3-17,20-21H2,1-2H3,(H,25,28). The second kappa shape index (κ2) is 20.7. The van der Waals surface area contributed by atoms with Crippen LogP contribution in [0.15, 0.2) is 0 Å². The first-order valence-corrected chi connectivity index (χ1v) is 11.7. The summed E-state index contributed by atoms with van der Waals surface area (Å²) in [5.74, 6) is 5.64. The van der Waals surface area contributed by atoms with Crippen molar-refractivity contribution in [2.45, 2.75) is 129 Å². The summed E-state index contributed by atoms with van der Waals surface area (Å²) < 4.78 is 0. The summed E-state index contributed by atoms with van der Waals surface area (Å²) in [4.78, 5) is 11.8. The van der Waals surface area contributed by atoms with Gasteiger partial charge in [-0.15, -0.1) is 5.92 Å². The van der Waals surface area contributed by atoms with Gasteiger partial charge in [0.1, 0.15) is 6.10 Å². The Hall–Kier alpha value is -1.05. The lowest BCUT2D eigenvalue weighted by Crippen LogP contribution is -2.45. The molecule has 0 aromatic rings. The number of hydrogen-bond acceptors (Lipinski definition) is 3. The third-order valence-electron chi connectivity index (χ3n) is 5.09. The Kier molecular flexibility index (Phi) is 19.9. The van der Waals surface area contributed by atoms with Crippen LogP contribution in [0.4, 0.5) is 0 Å². The van der Waals surface area contributed by atoms with E-state index >= 15 is 0 Å². The van der Waals surface area contributed by atoms with Crippen molar-refractivity contribution in [3.8, 4) is 11.8 Å². The van der Waals surface area contributed by atoms with Gasteiger partial charge in [-0.05, 0) is 12.8 Å². The predicted octanol–water partition coefficient (Wildman–Crippen LogP) is 5.11. The largest absolute Gasteiger partial charge is 0.394 e. The Morgan fingerprint density at radius 2 is 1.32 bits per heavy atom. The van der Waals surface area contributed by atoms with Crippen LogP contribution < -0.4 is 5.32 Å². The molecule has 3 N–H and O–H groups in total. The Balaban J connectivity index is 3.71. The summed E-state index contributed by atoms with van der Waals surface area (Å²) in [6.45, 7) is 4.04. The molecule has 1 amide bonds. The van der Waals surface area contributed by atoms with Gasteiger partial charge in [0.25, 0.3) is 0 Å². The average molecular weight is 396 g/mol. The zero-order chi connectivity index (χ0) is 20.9. The SMILES string of the molecule is CCCCCCCCCCCCCC#CC(O)C(CO)NC(=O)CCCCC. The van der Waals surface area contributed by atoms with Crippen LogP contribution in [0, 0.1) is 11.8 Å². The van der Waals surface area contributed by atoms with Gasteiger partial charge in [-0.3, -0.25) is 4.79 Å². The van der Waals surface area contributed by atoms with Crippen molar-refractivity contribution in [3.63, 3.8) is 0 Å². The second-order valence-corrected chi connectivity index (χ2v) is 7.87. The van der Waals surface area contributed by atoms with E-state index in [1.54, 1.807) is 0 Å². The van der Waals surface area contributed by atoms with E-state index in [1.165, 1.54) is 64.2 Å². The minimum Gasteiger partial charge on any atom is -0.394 e. The number of carbonyl (C=O) groups excluding carboxylic acids is 1.